The smallest absolute Gasteiger partial charge is 0.399 e. The number of halogens is 1. The number of rotatable bonds is 3. The number of hydrogen-bond donors (Lipinski definition) is 0. The highest BCUT2D eigenvalue weighted by Crippen LogP contribution is 2.36. The van der Waals surface area contributed by atoms with Gasteiger partial charge in [-0.05, 0) is 74.7 Å². The zero-order chi connectivity index (χ0) is 22.5. The number of nitrogens with zero attached hydrogens (tertiary/aromatic N) is 4. The molecule has 30 heavy (non-hydrogen) atoms. The van der Waals surface area contributed by atoms with Gasteiger partial charge in [-0.2, -0.15) is 10.5 Å². The summed E-state index contributed by atoms with van der Waals surface area (Å²) in [6, 6.07) is 8.19. The molecule has 1 saturated heterocycles. The van der Waals surface area contributed by atoms with Crippen molar-refractivity contribution in [1.82, 2.24) is 9.97 Å². The van der Waals surface area contributed by atoms with Crippen LogP contribution in [0.4, 0.5) is 0 Å². The summed E-state index contributed by atoms with van der Waals surface area (Å²) >= 11 is 3.29. The molecule has 0 spiro atoms. The maximum atomic E-state index is 8.97. The summed E-state index contributed by atoms with van der Waals surface area (Å²) in [7, 11) is -0.427. The van der Waals surface area contributed by atoms with Gasteiger partial charge in [0.25, 0.3) is 0 Å². The number of pyridine rings is 2. The lowest BCUT2D eigenvalue weighted by Crippen LogP contribution is -2.41. The monoisotopic (exact) mass is 468 g/mol. The van der Waals surface area contributed by atoms with Gasteiger partial charge in [-0.25, -0.2) is 0 Å². The van der Waals surface area contributed by atoms with E-state index in [9.17, 15) is 0 Å². The molecule has 6 nitrogen and oxygen atoms in total. The summed E-state index contributed by atoms with van der Waals surface area (Å²) < 4.78 is 12.9. The van der Waals surface area contributed by atoms with Gasteiger partial charge in [0.15, 0.2) is 0 Å². The molecular formula is C22H26BBrN4O2. The third kappa shape index (κ3) is 5.67. The lowest BCUT2D eigenvalue weighted by molar-refractivity contribution is 0.00578. The Morgan fingerprint density at radius 1 is 0.867 bits per heavy atom. The molecule has 1 fully saturated rings. The summed E-state index contributed by atoms with van der Waals surface area (Å²) in [6.45, 7) is 11.8. The first-order valence-corrected chi connectivity index (χ1v) is 10.5. The van der Waals surface area contributed by atoms with Gasteiger partial charge in [0.1, 0.15) is 0 Å². The highest BCUT2D eigenvalue weighted by atomic mass is 79.9. The molecule has 1 aliphatic rings. The molecule has 1 aliphatic heterocycles. The van der Waals surface area contributed by atoms with Gasteiger partial charge in [-0.15, -0.1) is 0 Å². The molecule has 2 atom stereocenters. The summed E-state index contributed by atoms with van der Waals surface area (Å²) in [5.74, 6) is -0.269. The Kier molecular flexibility index (Phi) is 7.77. The van der Waals surface area contributed by atoms with Crippen LogP contribution in [0.15, 0.2) is 41.4 Å². The molecule has 2 unspecified atom stereocenters. The van der Waals surface area contributed by atoms with Crippen LogP contribution >= 0.6 is 15.9 Å². The number of aromatic nitrogens is 2. The third-order valence-electron chi connectivity index (χ3n) is 5.42. The molecular weight excluding hydrogens is 443 g/mol. The van der Waals surface area contributed by atoms with E-state index in [1.165, 1.54) is 0 Å². The molecule has 0 radical (unpaired) electrons. The molecule has 3 heterocycles. The average Bonchev–Trinajstić information content (AvgIpc) is 2.94. The van der Waals surface area contributed by atoms with E-state index >= 15 is 0 Å². The van der Waals surface area contributed by atoms with Crippen LogP contribution in [0.2, 0.25) is 0 Å². The van der Waals surface area contributed by atoms with E-state index in [0.29, 0.717) is 0 Å². The Bertz CT molecular complexity index is 952. The van der Waals surface area contributed by atoms with Crippen molar-refractivity contribution < 1.29 is 9.31 Å². The molecule has 0 saturated carbocycles. The normalized spacial score (nSPS) is 18.4. The minimum atomic E-state index is -0.427. The zero-order valence-corrected chi connectivity index (χ0v) is 19.8. The molecule has 0 aromatic carbocycles. The fraction of sp³-hybridized carbons (Fsp3) is 0.455. The van der Waals surface area contributed by atoms with Crippen molar-refractivity contribution in [3.8, 4) is 12.1 Å². The van der Waals surface area contributed by atoms with E-state index in [4.69, 9.17) is 19.8 Å². The number of nitriles is 2. The van der Waals surface area contributed by atoms with Gasteiger partial charge in [0, 0.05) is 34.7 Å². The van der Waals surface area contributed by atoms with Crippen molar-refractivity contribution >= 4 is 28.5 Å². The first kappa shape index (κ1) is 24.0. The summed E-state index contributed by atoms with van der Waals surface area (Å²) in [5, 5.41) is 17.6. The molecule has 0 aliphatic carbocycles. The van der Waals surface area contributed by atoms with Crippen LogP contribution in [-0.4, -0.2) is 28.3 Å². The first-order valence-electron chi connectivity index (χ1n) is 9.71. The Labute approximate surface area is 187 Å². The molecule has 2 aromatic heterocycles. The van der Waals surface area contributed by atoms with Crippen molar-refractivity contribution in [2.45, 2.75) is 64.6 Å². The topological polar surface area (TPSA) is 91.8 Å². The zero-order valence-electron chi connectivity index (χ0n) is 18.2. The average molecular weight is 469 g/mol. The first-order chi connectivity index (χ1) is 14.0. The molecule has 0 bridgehead atoms. The van der Waals surface area contributed by atoms with Crippen LogP contribution in [0, 0.1) is 22.7 Å². The maximum absolute atomic E-state index is 8.97. The van der Waals surface area contributed by atoms with E-state index < -0.39 is 7.12 Å². The number of hydrogen-bond acceptors (Lipinski definition) is 6. The van der Waals surface area contributed by atoms with Crippen molar-refractivity contribution in [3.05, 3.63) is 52.5 Å². The molecule has 3 rings (SSSR count). The fourth-order valence-corrected chi connectivity index (χ4v) is 3.02. The van der Waals surface area contributed by atoms with Gasteiger partial charge in [0.2, 0.25) is 0 Å². The second-order valence-electron chi connectivity index (χ2n) is 8.28. The predicted octanol–water partition coefficient (Wildman–Crippen LogP) is 4.48. The van der Waals surface area contributed by atoms with Crippen LogP contribution in [0.1, 0.15) is 64.5 Å². The van der Waals surface area contributed by atoms with Crippen LogP contribution in [-0.2, 0) is 9.31 Å². The Morgan fingerprint density at radius 2 is 1.33 bits per heavy atom. The van der Waals surface area contributed by atoms with Gasteiger partial charge in [-0.1, -0.05) is 6.07 Å². The Hall–Kier alpha value is -2.26. The minimum absolute atomic E-state index is 0.0833. The van der Waals surface area contributed by atoms with E-state index in [2.05, 4.69) is 38.0 Å². The van der Waals surface area contributed by atoms with Gasteiger partial charge in [0.05, 0.1) is 35.2 Å². The Balaban J connectivity index is 0.000000248. The van der Waals surface area contributed by atoms with Crippen molar-refractivity contribution in [2.75, 3.05) is 0 Å². The van der Waals surface area contributed by atoms with Crippen molar-refractivity contribution in [1.29, 1.82) is 10.5 Å². The predicted molar refractivity (Wildman–Crippen MR) is 120 cm³/mol. The van der Waals surface area contributed by atoms with Crippen LogP contribution in [0.25, 0.3) is 0 Å². The van der Waals surface area contributed by atoms with E-state index in [-0.39, 0.29) is 23.0 Å². The van der Waals surface area contributed by atoms with E-state index in [1.807, 2.05) is 53.7 Å². The van der Waals surface area contributed by atoms with Crippen molar-refractivity contribution in [2.24, 2.45) is 0 Å². The minimum Gasteiger partial charge on any atom is -0.399 e. The van der Waals surface area contributed by atoms with Gasteiger partial charge in [-0.3, -0.25) is 9.97 Å². The third-order valence-corrected chi connectivity index (χ3v) is 5.85. The second kappa shape index (κ2) is 9.70. The molecule has 2 aromatic rings. The van der Waals surface area contributed by atoms with E-state index in [0.717, 1.165) is 21.1 Å². The second-order valence-corrected chi connectivity index (χ2v) is 9.19. The molecule has 0 amide bonds. The largest absolute Gasteiger partial charge is 0.496 e. The summed E-state index contributed by atoms with van der Waals surface area (Å²) in [5.41, 5.74) is 1.96. The summed E-state index contributed by atoms with van der Waals surface area (Å²) in [6.07, 6.45) is 6.85. The SMILES string of the molecule is CC(C#N)c1cncc(B2OC(C)(C)C(C)(C)O2)c1.CC(C#N)c1cncc(Br)c1. The lowest BCUT2D eigenvalue weighted by Gasteiger charge is -2.32. The van der Waals surface area contributed by atoms with Gasteiger partial charge >= 0.3 is 7.12 Å². The highest BCUT2D eigenvalue weighted by molar-refractivity contribution is 9.10. The molecule has 156 valence electrons. The molecule has 8 heteroatoms. The lowest BCUT2D eigenvalue weighted by atomic mass is 9.79. The fourth-order valence-electron chi connectivity index (χ4n) is 2.64. The maximum Gasteiger partial charge on any atom is 0.496 e. The van der Waals surface area contributed by atoms with Gasteiger partial charge < -0.3 is 9.31 Å². The standard InChI is InChI=1S/C14H19BN2O2.C8H7BrN2/c1-10(7-16)11-6-12(9-17-8-11)15-18-13(2,3)14(4,5)19-15;1-6(3-10)7-2-8(9)5-11-4-7/h6,8-10H,1-5H3;2,4-6H,1H3. The van der Waals surface area contributed by atoms with Crippen molar-refractivity contribution in [3.63, 3.8) is 0 Å². The summed E-state index contributed by atoms with van der Waals surface area (Å²) in [4.78, 5) is 8.14. The van der Waals surface area contributed by atoms with Crippen LogP contribution in [0.5, 0.6) is 0 Å². The Morgan fingerprint density at radius 3 is 1.80 bits per heavy atom. The molecule has 0 N–H and O–H groups in total. The van der Waals surface area contributed by atoms with Crippen LogP contribution < -0.4 is 5.46 Å². The van der Waals surface area contributed by atoms with E-state index in [1.54, 1.807) is 24.8 Å². The quantitative estimate of drug-likeness (QED) is 0.616. The van der Waals surface area contributed by atoms with Crippen LogP contribution in [0.3, 0.4) is 0 Å². The highest BCUT2D eigenvalue weighted by Gasteiger charge is 2.51.